The largest absolute Gasteiger partial charge is 0.496 e. The van der Waals surface area contributed by atoms with Gasteiger partial charge in [-0.15, -0.1) is 0 Å². The Morgan fingerprint density at radius 3 is 2.35 bits per heavy atom. The van der Waals surface area contributed by atoms with Crippen LogP contribution in [0.5, 0.6) is 5.75 Å². The van der Waals surface area contributed by atoms with E-state index in [4.69, 9.17) is 4.74 Å². The van der Waals surface area contributed by atoms with Crippen LogP contribution < -0.4 is 4.74 Å². The maximum atomic E-state index is 13.1. The van der Waals surface area contributed by atoms with E-state index in [0.29, 0.717) is 16.9 Å². The molecule has 0 spiro atoms. The first kappa shape index (κ1) is 14.5. The Hall–Kier alpha value is -1.94. The second-order valence-electron chi connectivity index (χ2n) is 4.73. The molecule has 0 radical (unpaired) electrons. The van der Waals surface area contributed by atoms with Gasteiger partial charge in [-0.25, -0.2) is 8.78 Å². The average molecular weight is 278 g/mol. The molecule has 0 aliphatic rings. The summed E-state index contributed by atoms with van der Waals surface area (Å²) in [6.07, 6.45) is -0.702. The minimum atomic E-state index is -0.842. The first-order valence-corrected chi connectivity index (χ1v) is 6.27. The number of aliphatic hydroxyl groups is 1. The Kier molecular flexibility index (Phi) is 4.35. The molecule has 0 aliphatic heterocycles. The molecule has 0 heterocycles. The SMILES string of the molecule is COc1cc(C(O)Cc2cc(F)cc(F)c2)ccc1C. The summed E-state index contributed by atoms with van der Waals surface area (Å²) in [5, 5.41) is 10.2. The van der Waals surface area contributed by atoms with E-state index < -0.39 is 17.7 Å². The molecule has 2 aromatic rings. The van der Waals surface area contributed by atoms with Crippen LogP contribution in [0.15, 0.2) is 36.4 Å². The van der Waals surface area contributed by atoms with Crippen LogP contribution in [0.3, 0.4) is 0 Å². The number of aryl methyl sites for hydroxylation is 1. The van der Waals surface area contributed by atoms with Crippen LogP contribution in [0.2, 0.25) is 0 Å². The molecule has 4 heteroatoms. The van der Waals surface area contributed by atoms with Gasteiger partial charge in [0.2, 0.25) is 0 Å². The molecule has 0 aromatic heterocycles. The zero-order valence-corrected chi connectivity index (χ0v) is 11.4. The Morgan fingerprint density at radius 2 is 1.75 bits per heavy atom. The number of rotatable bonds is 4. The van der Waals surface area contributed by atoms with E-state index in [-0.39, 0.29) is 6.42 Å². The molecule has 2 aromatic carbocycles. The highest BCUT2D eigenvalue weighted by Gasteiger charge is 2.12. The number of benzene rings is 2. The van der Waals surface area contributed by atoms with Crippen LogP contribution in [0.4, 0.5) is 8.78 Å². The lowest BCUT2D eigenvalue weighted by Gasteiger charge is -2.14. The van der Waals surface area contributed by atoms with Gasteiger partial charge in [-0.2, -0.15) is 0 Å². The van der Waals surface area contributed by atoms with E-state index in [9.17, 15) is 13.9 Å². The fourth-order valence-electron chi connectivity index (χ4n) is 2.11. The lowest BCUT2D eigenvalue weighted by atomic mass is 10.00. The van der Waals surface area contributed by atoms with Gasteiger partial charge in [0.05, 0.1) is 13.2 Å². The monoisotopic (exact) mass is 278 g/mol. The third kappa shape index (κ3) is 3.33. The molecule has 1 atom stereocenters. The third-order valence-electron chi connectivity index (χ3n) is 3.17. The van der Waals surface area contributed by atoms with E-state index in [0.717, 1.165) is 11.6 Å². The van der Waals surface area contributed by atoms with Gasteiger partial charge in [-0.1, -0.05) is 12.1 Å². The highest BCUT2D eigenvalue weighted by Crippen LogP contribution is 2.25. The summed E-state index contributed by atoms with van der Waals surface area (Å²) in [7, 11) is 1.56. The molecule has 0 saturated carbocycles. The van der Waals surface area contributed by atoms with Gasteiger partial charge in [0, 0.05) is 12.5 Å². The predicted octanol–water partition coefficient (Wildman–Crippen LogP) is 3.56. The van der Waals surface area contributed by atoms with Crippen LogP contribution >= 0.6 is 0 Å². The van der Waals surface area contributed by atoms with Crippen LogP contribution in [0.1, 0.15) is 22.8 Å². The van der Waals surface area contributed by atoms with Crippen molar-refractivity contribution in [1.82, 2.24) is 0 Å². The van der Waals surface area contributed by atoms with Gasteiger partial charge in [0.15, 0.2) is 0 Å². The second kappa shape index (κ2) is 6.01. The van der Waals surface area contributed by atoms with Crippen LogP contribution in [0.25, 0.3) is 0 Å². The summed E-state index contributed by atoms with van der Waals surface area (Å²) in [6, 6.07) is 8.59. The highest BCUT2D eigenvalue weighted by atomic mass is 19.1. The number of methoxy groups -OCH3 is 1. The lowest BCUT2D eigenvalue weighted by molar-refractivity contribution is 0.178. The maximum Gasteiger partial charge on any atom is 0.126 e. The molecule has 0 saturated heterocycles. The van der Waals surface area contributed by atoms with E-state index in [2.05, 4.69) is 0 Å². The van der Waals surface area contributed by atoms with Gasteiger partial charge in [-0.3, -0.25) is 0 Å². The molecule has 0 fully saturated rings. The van der Waals surface area contributed by atoms with Crippen molar-refractivity contribution in [3.8, 4) is 5.75 Å². The normalized spacial score (nSPS) is 12.2. The molecule has 2 rings (SSSR count). The van der Waals surface area contributed by atoms with Crippen molar-refractivity contribution in [2.45, 2.75) is 19.4 Å². The highest BCUT2D eigenvalue weighted by molar-refractivity contribution is 5.38. The quantitative estimate of drug-likeness (QED) is 0.926. The molecular formula is C16H16F2O2. The number of halogens is 2. The van der Waals surface area contributed by atoms with Crippen LogP contribution in [-0.2, 0) is 6.42 Å². The summed E-state index contributed by atoms with van der Waals surface area (Å²) in [6.45, 7) is 1.90. The molecule has 0 bridgehead atoms. The Morgan fingerprint density at radius 1 is 1.10 bits per heavy atom. The molecule has 0 aliphatic carbocycles. The number of ether oxygens (including phenoxy) is 1. The standard InChI is InChI=1S/C16H16F2O2/c1-10-3-4-12(8-16(10)20-2)15(19)7-11-5-13(17)9-14(18)6-11/h3-6,8-9,15,19H,7H2,1-2H3. The first-order chi connectivity index (χ1) is 9.49. The van der Waals surface area contributed by atoms with E-state index in [1.165, 1.54) is 12.1 Å². The first-order valence-electron chi connectivity index (χ1n) is 6.27. The van der Waals surface area contributed by atoms with Crippen molar-refractivity contribution in [1.29, 1.82) is 0 Å². The smallest absolute Gasteiger partial charge is 0.126 e. The maximum absolute atomic E-state index is 13.1. The molecule has 106 valence electrons. The predicted molar refractivity (Wildman–Crippen MR) is 72.8 cm³/mol. The summed E-state index contributed by atoms with van der Waals surface area (Å²) in [5.41, 5.74) is 2.02. The van der Waals surface area contributed by atoms with Crippen molar-refractivity contribution in [3.63, 3.8) is 0 Å². The molecular weight excluding hydrogens is 262 g/mol. The Labute approximate surface area is 116 Å². The van der Waals surface area contributed by atoms with Gasteiger partial charge < -0.3 is 9.84 Å². The third-order valence-corrected chi connectivity index (χ3v) is 3.17. The fourth-order valence-corrected chi connectivity index (χ4v) is 2.11. The van der Waals surface area contributed by atoms with Crippen molar-refractivity contribution in [3.05, 3.63) is 64.7 Å². The molecule has 20 heavy (non-hydrogen) atoms. The topological polar surface area (TPSA) is 29.5 Å². The van der Waals surface area contributed by atoms with Gasteiger partial charge in [-0.05, 0) is 41.8 Å². The van der Waals surface area contributed by atoms with Crippen molar-refractivity contribution < 1.29 is 18.6 Å². The van der Waals surface area contributed by atoms with Crippen LogP contribution in [-0.4, -0.2) is 12.2 Å². The molecule has 2 nitrogen and oxygen atoms in total. The number of aliphatic hydroxyl groups excluding tert-OH is 1. The Bertz CT molecular complexity index is 591. The van der Waals surface area contributed by atoms with Gasteiger partial charge >= 0.3 is 0 Å². The molecule has 0 amide bonds. The minimum absolute atomic E-state index is 0.140. The second-order valence-corrected chi connectivity index (χ2v) is 4.73. The van der Waals surface area contributed by atoms with E-state index in [1.54, 1.807) is 19.2 Å². The molecule has 1 unspecified atom stereocenters. The van der Waals surface area contributed by atoms with Gasteiger partial charge in [0.1, 0.15) is 17.4 Å². The summed E-state index contributed by atoms with van der Waals surface area (Å²) in [5.74, 6) is -0.616. The Balaban J connectivity index is 2.21. The lowest BCUT2D eigenvalue weighted by Crippen LogP contribution is -2.03. The van der Waals surface area contributed by atoms with Crippen LogP contribution in [0, 0.1) is 18.6 Å². The average Bonchev–Trinajstić information content (AvgIpc) is 2.37. The summed E-state index contributed by atoms with van der Waals surface area (Å²) < 4.78 is 31.4. The van der Waals surface area contributed by atoms with Crippen molar-refractivity contribution in [2.75, 3.05) is 7.11 Å². The number of hydrogen-bond acceptors (Lipinski definition) is 2. The fraction of sp³-hybridized carbons (Fsp3) is 0.250. The van der Waals surface area contributed by atoms with Crippen molar-refractivity contribution >= 4 is 0 Å². The zero-order valence-electron chi connectivity index (χ0n) is 11.4. The van der Waals surface area contributed by atoms with E-state index in [1.807, 2.05) is 13.0 Å². The zero-order chi connectivity index (χ0) is 14.7. The van der Waals surface area contributed by atoms with Crippen molar-refractivity contribution in [2.24, 2.45) is 0 Å². The summed E-state index contributed by atoms with van der Waals surface area (Å²) >= 11 is 0. The summed E-state index contributed by atoms with van der Waals surface area (Å²) in [4.78, 5) is 0. The number of hydrogen-bond donors (Lipinski definition) is 1. The minimum Gasteiger partial charge on any atom is -0.496 e. The van der Waals surface area contributed by atoms with Gasteiger partial charge in [0.25, 0.3) is 0 Å². The van der Waals surface area contributed by atoms with E-state index >= 15 is 0 Å². The molecule has 1 N–H and O–H groups in total.